The van der Waals surface area contributed by atoms with E-state index in [0.29, 0.717) is 6.61 Å². The molecule has 1 N–H and O–H groups in total. The molecular weight excluding hydrogens is 226 g/mol. The smallest absolute Gasteiger partial charge is 0.323 e. The van der Waals surface area contributed by atoms with Gasteiger partial charge in [-0.1, -0.05) is 36.8 Å². The molecule has 0 aliphatic carbocycles. The zero-order valence-corrected chi connectivity index (χ0v) is 11.7. The summed E-state index contributed by atoms with van der Waals surface area (Å²) >= 11 is 0. The number of hydrogen-bond acceptors (Lipinski definition) is 3. The van der Waals surface area contributed by atoms with Crippen molar-refractivity contribution >= 4 is 5.97 Å². The van der Waals surface area contributed by atoms with Crippen LogP contribution in [0.25, 0.3) is 0 Å². The van der Waals surface area contributed by atoms with E-state index in [9.17, 15) is 4.79 Å². The van der Waals surface area contributed by atoms with Crippen LogP contribution in [0.2, 0.25) is 0 Å². The lowest BCUT2D eigenvalue weighted by atomic mass is 10.0. The van der Waals surface area contributed by atoms with Crippen LogP contribution in [0.4, 0.5) is 0 Å². The summed E-state index contributed by atoms with van der Waals surface area (Å²) in [4.78, 5) is 11.7. The lowest BCUT2D eigenvalue weighted by Crippen LogP contribution is -2.39. The van der Waals surface area contributed by atoms with Crippen LogP contribution in [-0.4, -0.2) is 18.6 Å². The Morgan fingerprint density at radius 2 is 2.11 bits per heavy atom. The highest BCUT2D eigenvalue weighted by Gasteiger charge is 2.20. The molecule has 0 fully saturated rings. The normalized spacial score (nSPS) is 14.0. The predicted octanol–water partition coefficient (Wildman–Crippen LogP) is 2.99. The minimum atomic E-state index is -0.236. The van der Waals surface area contributed by atoms with Gasteiger partial charge in [0.2, 0.25) is 0 Å². The molecule has 0 saturated heterocycles. The molecule has 0 heterocycles. The molecular formula is C15H23NO2. The number of hydrogen-bond donors (Lipinski definition) is 1. The Bertz CT molecular complexity index is 390. The van der Waals surface area contributed by atoms with E-state index in [0.717, 1.165) is 6.42 Å². The largest absolute Gasteiger partial charge is 0.465 e. The maximum absolute atomic E-state index is 11.7. The molecule has 0 aliphatic heterocycles. The molecule has 0 bridgehead atoms. The summed E-state index contributed by atoms with van der Waals surface area (Å²) in [6.45, 7) is 8.37. The summed E-state index contributed by atoms with van der Waals surface area (Å²) in [5.41, 5.74) is 2.42. The number of carbonyl (C=O) groups is 1. The minimum Gasteiger partial charge on any atom is -0.465 e. The molecule has 0 aromatic heterocycles. The fourth-order valence-electron chi connectivity index (χ4n) is 1.93. The van der Waals surface area contributed by atoms with Crippen LogP contribution in [0.5, 0.6) is 0 Å². The van der Waals surface area contributed by atoms with Crippen LogP contribution in [0.3, 0.4) is 0 Å². The molecule has 0 spiro atoms. The SMILES string of the molecule is CCOC(=O)C(CC)N[C@H](C)c1cccc(C)c1. The second-order valence-corrected chi connectivity index (χ2v) is 4.52. The Morgan fingerprint density at radius 3 is 2.67 bits per heavy atom. The highest BCUT2D eigenvalue weighted by atomic mass is 16.5. The first-order chi connectivity index (χ1) is 8.58. The zero-order valence-electron chi connectivity index (χ0n) is 11.7. The van der Waals surface area contributed by atoms with Gasteiger partial charge >= 0.3 is 5.97 Å². The van der Waals surface area contributed by atoms with Gasteiger partial charge in [0.15, 0.2) is 0 Å². The van der Waals surface area contributed by atoms with Gasteiger partial charge in [0, 0.05) is 6.04 Å². The van der Waals surface area contributed by atoms with Gasteiger partial charge in [0.05, 0.1) is 6.61 Å². The van der Waals surface area contributed by atoms with E-state index in [2.05, 4.69) is 37.4 Å². The average Bonchev–Trinajstić information content (AvgIpc) is 2.35. The van der Waals surface area contributed by atoms with Crippen LogP contribution in [0.1, 0.15) is 44.4 Å². The molecule has 3 nitrogen and oxygen atoms in total. The first-order valence-electron chi connectivity index (χ1n) is 6.57. The number of benzene rings is 1. The number of carbonyl (C=O) groups excluding carboxylic acids is 1. The van der Waals surface area contributed by atoms with Crippen LogP contribution in [0.15, 0.2) is 24.3 Å². The summed E-state index contributed by atoms with van der Waals surface area (Å²) in [6.07, 6.45) is 0.731. The number of ether oxygens (including phenoxy) is 1. The topological polar surface area (TPSA) is 38.3 Å². The van der Waals surface area contributed by atoms with Crippen molar-refractivity contribution < 1.29 is 9.53 Å². The Hall–Kier alpha value is -1.35. The van der Waals surface area contributed by atoms with Crippen molar-refractivity contribution in [3.8, 4) is 0 Å². The lowest BCUT2D eigenvalue weighted by Gasteiger charge is -2.21. The standard InChI is InChI=1S/C15H23NO2/c1-5-14(15(17)18-6-2)16-12(4)13-9-7-8-11(3)10-13/h7-10,12,14,16H,5-6H2,1-4H3/t12-,14?/m1/s1. The summed E-state index contributed by atoms with van der Waals surface area (Å²) in [5, 5.41) is 3.32. The van der Waals surface area contributed by atoms with Gasteiger partial charge in [0.25, 0.3) is 0 Å². The highest BCUT2D eigenvalue weighted by molar-refractivity contribution is 5.75. The summed E-state index contributed by atoms with van der Waals surface area (Å²) in [5.74, 6) is -0.167. The highest BCUT2D eigenvalue weighted by Crippen LogP contribution is 2.15. The predicted molar refractivity (Wildman–Crippen MR) is 73.4 cm³/mol. The van der Waals surface area contributed by atoms with Gasteiger partial charge in [0.1, 0.15) is 6.04 Å². The Morgan fingerprint density at radius 1 is 1.39 bits per heavy atom. The van der Waals surface area contributed by atoms with E-state index in [1.54, 1.807) is 0 Å². The molecule has 1 rings (SSSR count). The molecule has 100 valence electrons. The molecule has 2 atom stereocenters. The van der Waals surface area contributed by atoms with Crippen molar-refractivity contribution in [2.75, 3.05) is 6.61 Å². The lowest BCUT2D eigenvalue weighted by molar-refractivity contribution is -0.145. The molecule has 0 amide bonds. The van der Waals surface area contributed by atoms with Gasteiger partial charge in [-0.3, -0.25) is 10.1 Å². The molecule has 1 aromatic rings. The fourth-order valence-corrected chi connectivity index (χ4v) is 1.93. The van der Waals surface area contributed by atoms with E-state index in [1.807, 2.05) is 19.9 Å². The summed E-state index contributed by atoms with van der Waals surface area (Å²) in [7, 11) is 0. The molecule has 0 saturated carbocycles. The third kappa shape index (κ3) is 4.15. The zero-order chi connectivity index (χ0) is 13.5. The monoisotopic (exact) mass is 249 g/mol. The number of esters is 1. The van der Waals surface area contributed by atoms with E-state index in [1.165, 1.54) is 11.1 Å². The van der Waals surface area contributed by atoms with Crippen molar-refractivity contribution in [1.82, 2.24) is 5.32 Å². The molecule has 18 heavy (non-hydrogen) atoms. The molecule has 0 aliphatic rings. The third-order valence-corrected chi connectivity index (χ3v) is 2.97. The Balaban J connectivity index is 2.67. The maximum Gasteiger partial charge on any atom is 0.323 e. The van der Waals surface area contributed by atoms with Crippen molar-refractivity contribution in [2.45, 2.75) is 46.2 Å². The number of rotatable bonds is 6. The van der Waals surface area contributed by atoms with Crippen LogP contribution < -0.4 is 5.32 Å². The molecule has 3 heteroatoms. The van der Waals surface area contributed by atoms with Crippen LogP contribution in [-0.2, 0) is 9.53 Å². The third-order valence-electron chi connectivity index (χ3n) is 2.97. The van der Waals surface area contributed by atoms with E-state index in [4.69, 9.17) is 4.74 Å². The van der Waals surface area contributed by atoms with Crippen molar-refractivity contribution in [3.63, 3.8) is 0 Å². The first kappa shape index (κ1) is 14.7. The second kappa shape index (κ2) is 7.17. The molecule has 0 radical (unpaired) electrons. The van der Waals surface area contributed by atoms with Crippen molar-refractivity contribution in [3.05, 3.63) is 35.4 Å². The van der Waals surface area contributed by atoms with Crippen molar-refractivity contribution in [2.24, 2.45) is 0 Å². The van der Waals surface area contributed by atoms with Gasteiger partial charge in [-0.15, -0.1) is 0 Å². The minimum absolute atomic E-state index is 0.138. The van der Waals surface area contributed by atoms with E-state index < -0.39 is 0 Å². The fraction of sp³-hybridized carbons (Fsp3) is 0.533. The van der Waals surface area contributed by atoms with Gasteiger partial charge in [-0.2, -0.15) is 0 Å². The second-order valence-electron chi connectivity index (χ2n) is 4.52. The van der Waals surface area contributed by atoms with E-state index >= 15 is 0 Å². The summed E-state index contributed by atoms with van der Waals surface area (Å²) in [6, 6.07) is 8.21. The van der Waals surface area contributed by atoms with E-state index in [-0.39, 0.29) is 18.1 Å². The maximum atomic E-state index is 11.7. The molecule has 1 aromatic carbocycles. The number of aryl methyl sites for hydroxylation is 1. The quantitative estimate of drug-likeness (QED) is 0.788. The van der Waals surface area contributed by atoms with Crippen molar-refractivity contribution in [1.29, 1.82) is 0 Å². The van der Waals surface area contributed by atoms with Crippen LogP contribution >= 0.6 is 0 Å². The molecule has 1 unspecified atom stereocenters. The van der Waals surface area contributed by atoms with Gasteiger partial charge in [-0.25, -0.2) is 0 Å². The Kier molecular flexibility index (Phi) is 5.86. The van der Waals surface area contributed by atoms with Crippen LogP contribution in [0, 0.1) is 6.92 Å². The average molecular weight is 249 g/mol. The number of nitrogens with one attached hydrogen (secondary N) is 1. The Labute approximate surface area is 110 Å². The van der Waals surface area contributed by atoms with Gasteiger partial charge in [-0.05, 0) is 32.8 Å². The van der Waals surface area contributed by atoms with Gasteiger partial charge < -0.3 is 4.74 Å². The summed E-state index contributed by atoms with van der Waals surface area (Å²) < 4.78 is 5.05. The first-order valence-corrected chi connectivity index (χ1v) is 6.57.